The summed E-state index contributed by atoms with van der Waals surface area (Å²) < 4.78 is 0. The van der Waals surface area contributed by atoms with E-state index in [1.807, 2.05) is 27.7 Å². The third-order valence-electron chi connectivity index (χ3n) is 3.27. The van der Waals surface area contributed by atoms with E-state index in [1.54, 1.807) is 0 Å². The molecule has 0 aliphatic carbocycles. The zero-order valence-electron chi connectivity index (χ0n) is 12.8. The molecule has 0 spiro atoms. The van der Waals surface area contributed by atoms with Crippen molar-refractivity contribution in [2.45, 2.75) is 52.6 Å². The number of hydrogen-bond donors (Lipinski definition) is 4. The van der Waals surface area contributed by atoms with Gasteiger partial charge in [-0.25, -0.2) is 0 Å². The van der Waals surface area contributed by atoms with Crippen LogP contribution in [0.2, 0.25) is 0 Å². The van der Waals surface area contributed by atoms with E-state index in [1.165, 1.54) is 0 Å². The molecule has 0 aromatic carbocycles. The first-order chi connectivity index (χ1) is 9.31. The normalized spacial score (nSPS) is 14.2. The Bertz CT molecular complexity index is 276. The zero-order valence-corrected chi connectivity index (χ0v) is 12.8. The summed E-state index contributed by atoms with van der Waals surface area (Å²) in [5, 5.41) is 23.6. The lowest BCUT2D eigenvalue weighted by atomic mass is 10.0. The lowest BCUT2D eigenvalue weighted by Crippen LogP contribution is -2.43. The molecule has 118 valence electrons. The van der Waals surface area contributed by atoms with Gasteiger partial charge in [-0.15, -0.1) is 0 Å². The number of rotatable bonds is 9. The molecule has 2 amide bonds. The first-order valence-corrected chi connectivity index (χ1v) is 7.12. The molecule has 6 nitrogen and oxygen atoms in total. The molecule has 0 aromatic heterocycles. The van der Waals surface area contributed by atoms with Crippen LogP contribution in [0.5, 0.6) is 0 Å². The van der Waals surface area contributed by atoms with Crippen LogP contribution in [0.3, 0.4) is 0 Å². The first-order valence-electron chi connectivity index (χ1n) is 7.12. The second-order valence-electron chi connectivity index (χ2n) is 5.70. The number of aliphatic hydroxyl groups is 2. The SMILES string of the molecule is CC(C)[C@@H](CO)NC(=O)CCC(=O)N[C@H](CO)C(C)C. The molecule has 0 aliphatic rings. The second kappa shape index (κ2) is 9.72. The van der Waals surface area contributed by atoms with E-state index < -0.39 is 0 Å². The minimum Gasteiger partial charge on any atom is -0.394 e. The van der Waals surface area contributed by atoms with Crippen LogP contribution in [0, 0.1) is 11.8 Å². The third kappa shape index (κ3) is 7.45. The summed E-state index contributed by atoms with van der Waals surface area (Å²) in [6.07, 6.45) is 0.149. The Morgan fingerprint density at radius 1 is 0.800 bits per heavy atom. The van der Waals surface area contributed by atoms with E-state index in [0.717, 1.165) is 0 Å². The summed E-state index contributed by atoms with van der Waals surface area (Å²) in [5.74, 6) is -0.231. The summed E-state index contributed by atoms with van der Waals surface area (Å²) >= 11 is 0. The maximum atomic E-state index is 11.7. The molecule has 0 unspecified atom stereocenters. The van der Waals surface area contributed by atoms with Crippen molar-refractivity contribution in [3.8, 4) is 0 Å². The fraction of sp³-hybridized carbons (Fsp3) is 0.857. The van der Waals surface area contributed by atoms with Crippen LogP contribution < -0.4 is 10.6 Å². The van der Waals surface area contributed by atoms with Gasteiger partial charge < -0.3 is 20.8 Å². The van der Waals surface area contributed by atoms with Gasteiger partial charge in [0.15, 0.2) is 0 Å². The summed E-state index contributed by atoms with van der Waals surface area (Å²) in [7, 11) is 0. The number of hydrogen-bond acceptors (Lipinski definition) is 4. The van der Waals surface area contributed by atoms with Gasteiger partial charge in [0.05, 0.1) is 25.3 Å². The minimum atomic E-state index is -0.286. The molecule has 0 bridgehead atoms. The summed E-state index contributed by atoms with van der Waals surface area (Å²) in [6.45, 7) is 7.39. The minimum absolute atomic E-state index is 0.0747. The Morgan fingerprint density at radius 2 is 1.10 bits per heavy atom. The van der Waals surface area contributed by atoms with Gasteiger partial charge in [0.1, 0.15) is 0 Å². The third-order valence-corrected chi connectivity index (χ3v) is 3.27. The van der Waals surface area contributed by atoms with Crippen molar-refractivity contribution in [1.82, 2.24) is 10.6 Å². The molecule has 0 rings (SSSR count). The average Bonchev–Trinajstić information content (AvgIpc) is 2.38. The van der Waals surface area contributed by atoms with Crippen LogP contribution in [0.4, 0.5) is 0 Å². The standard InChI is InChI=1S/C14H28N2O4/c1-9(2)11(7-17)15-13(19)5-6-14(20)16-12(8-18)10(3)4/h9-12,17-18H,5-8H2,1-4H3,(H,15,19)(H,16,20)/t11-,12-/m1/s1. The molecule has 4 N–H and O–H groups in total. The maximum Gasteiger partial charge on any atom is 0.220 e. The topological polar surface area (TPSA) is 98.7 Å². The monoisotopic (exact) mass is 288 g/mol. The predicted octanol–water partition coefficient (Wildman–Crippen LogP) is 0.0328. The second-order valence-corrected chi connectivity index (χ2v) is 5.70. The highest BCUT2D eigenvalue weighted by Gasteiger charge is 2.18. The Hall–Kier alpha value is -1.14. The van der Waals surface area contributed by atoms with Crippen molar-refractivity contribution in [3.63, 3.8) is 0 Å². The summed E-state index contributed by atoms with van der Waals surface area (Å²) in [4.78, 5) is 23.3. The van der Waals surface area contributed by atoms with E-state index in [9.17, 15) is 9.59 Å². The van der Waals surface area contributed by atoms with Crippen LogP contribution in [-0.2, 0) is 9.59 Å². The van der Waals surface area contributed by atoms with Crippen molar-refractivity contribution in [3.05, 3.63) is 0 Å². The molecule has 0 saturated heterocycles. The fourth-order valence-electron chi connectivity index (χ4n) is 1.63. The number of aliphatic hydroxyl groups excluding tert-OH is 2. The molecular weight excluding hydrogens is 260 g/mol. The highest BCUT2D eigenvalue weighted by atomic mass is 16.3. The Kier molecular flexibility index (Phi) is 9.16. The van der Waals surface area contributed by atoms with E-state index >= 15 is 0 Å². The van der Waals surface area contributed by atoms with Crippen molar-refractivity contribution in [2.75, 3.05) is 13.2 Å². The molecule has 0 aliphatic heterocycles. The van der Waals surface area contributed by atoms with Crippen LogP contribution in [0.1, 0.15) is 40.5 Å². The molecule has 6 heteroatoms. The molecule has 0 saturated carbocycles. The molecule has 0 aromatic rings. The number of carbonyl (C=O) groups is 2. The number of carbonyl (C=O) groups excluding carboxylic acids is 2. The molecule has 0 fully saturated rings. The van der Waals surface area contributed by atoms with E-state index in [0.29, 0.717) is 0 Å². The van der Waals surface area contributed by atoms with Crippen molar-refractivity contribution in [2.24, 2.45) is 11.8 Å². The van der Waals surface area contributed by atoms with Gasteiger partial charge in [-0.1, -0.05) is 27.7 Å². The Morgan fingerprint density at radius 3 is 1.30 bits per heavy atom. The van der Waals surface area contributed by atoms with E-state index in [2.05, 4.69) is 10.6 Å². The van der Waals surface area contributed by atoms with E-state index in [-0.39, 0.29) is 61.8 Å². The van der Waals surface area contributed by atoms with Crippen LogP contribution in [0.15, 0.2) is 0 Å². The van der Waals surface area contributed by atoms with Crippen LogP contribution >= 0.6 is 0 Å². The Balaban J connectivity index is 4.09. The molecule has 0 heterocycles. The highest BCUT2D eigenvalue weighted by Crippen LogP contribution is 2.03. The first kappa shape index (κ1) is 18.9. The Labute approximate surface area is 120 Å². The lowest BCUT2D eigenvalue weighted by molar-refractivity contribution is -0.127. The van der Waals surface area contributed by atoms with Gasteiger partial charge in [-0.2, -0.15) is 0 Å². The zero-order chi connectivity index (χ0) is 15.7. The smallest absolute Gasteiger partial charge is 0.220 e. The molecule has 0 radical (unpaired) electrons. The lowest BCUT2D eigenvalue weighted by Gasteiger charge is -2.21. The van der Waals surface area contributed by atoms with Gasteiger partial charge in [-0.3, -0.25) is 9.59 Å². The molecular formula is C14H28N2O4. The highest BCUT2D eigenvalue weighted by molar-refractivity contribution is 5.84. The molecule has 2 atom stereocenters. The number of amides is 2. The quantitative estimate of drug-likeness (QED) is 0.481. The van der Waals surface area contributed by atoms with Crippen LogP contribution in [0.25, 0.3) is 0 Å². The van der Waals surface area contributed by atoms with Gasteiger partial charge in [0, 0.05) is 12.8 Å². The summed E-state index contributed by atoms with van der Waals surface area (Å²) in [5.41, 5.74) is 0. The van der Waals surface area contributed by atoms with Crippen molar-refractivity contribution in [1.29, 1.82) is 0 Å². The maximum absolute atomic E-state index is 11.7. The van der Waals surface area contributed by atoms with Gasteiger partial charge >= 0.3 is 0 Å². The predicted molar refractivity (Wildman–Crippen MR) is 76.9 cm³/mol. The number of nitrogens with one attached hydrogen (secondary N) is 2. The van der Waals surface area contributed by atoms with Crippen molar-refractivity contribution >= 4 is 11.8 Å². The van der Waals surface area contributed by atoms with Gasteiger partial charge in [0.2, 0.25) is 11.8 Å². The van der Waals surface area contributed by atoms with Gasteiger partial charge in [0.25, 0.3) is 0 Å². The average molecular weight is 288 g/mol. The van der Waals surface area contributed by atoms with Crippen LogP contribution in [-0.4, -0.2) is 47.3 Å². The van der Waals surface area contributed by atoms with Crippen molar-refractivity contribution < 1.29 is 19.8 Å². The largest absolute Gasteiger partial charge is 0.394 e. The molecule has 20 heavy (non-hydrogen) atoms. The summed E-state index contributed by atoms with van der Waals surface area (Å²) in [6, 6.07) is -0.571. The fourth-order valence-corrected chi connectivity index (χ4v) is 1.63. The van der Waals surface area contributed by atoms with E-state index in [4.69, 9.17) is 10.2 Å². The van der Waals surface area contributed by atoms with Gasteiger partial charge in [-0.05, 0) is 11.8 Å².